The first-order valence-corrected chi connectivity index (χ1v) is 7.98. The molecule has 0 N–H and O–H groups in total. The summed E-state index contributed by atoms with van der Waals surface area (Å²) in [5.74, 6) is 0.215. The molecule has 1 heterocycles. The summed E-state index contributed by atoms with van der Waals surface area (Å²) in [5, 5.41) is 10.8. The summed E-state index contributed by atoms with van der Waals surface area (Å²) in [7, 11) is 0. The second kappa shape index (κ2) is 7.08. The fraction of sp³-hybridized carbons (Fsp3) is 0.588. The van der Waals surface area contributed by atoms with Gasteiger partial charge in [-0.05, 0) is 11.0 Å². The van der Waals surface area contributed by atoms with E-state index in [9.17, 15) is 14.9 Å². The molecule has 0 unspecified atom stereocenters. The van der Waals surface area contributed by atoms with Crippen molar-refractivity contribution in [2.24, 2.45) is 5.41 Å². The lowest BCUT2D eigenvalue weighted by atomic mass is 9.91. The minimum atomic E-state index is -0.368. The first kappa shape index (κ1) is 17.4. The number of rotatable bonds is 4. The van der Waals surface area contributed by atoms with E-state index in [1.807, 2.05) is 11.0 Å². The van der Waals surface area contributed by atoms with Crippen LogP contribution in [0.2, 0.25) is 0 Å². The average Bonchev–Trinajstić information content (AvgIpc) is 2.46. The molecule has 126 valence electrons. The summed E-state index contributed by atoms with van der Waals surface area (Å²) in [6, 6.07) is 6.75. The van der Waals surface area contributed by atoms with Crippen molar-refractivity contribution in [1.29, 1.82) is 0 Å². The number of nitro groups is 1. The number of piperazine rings is 1. The largest absolute Gasteiger partial charge is 0.340 e. The third-order valence-corrected chi connectivity index (χ3v) is 3.93. The molecule has 0 bridgehead atoms. The topological polar surface area (TPSA) is 66.7 Å². The van der Waals surface area contributed by atoms with Crippen LogP contribution >= 0.6 is 0 Å². The Balaban J connectivity index is 1.86. The Labute approximate surface area is 137 Å². The number of carbonyl (C=O) groups is 1. The standard InChI is InChI=1S/C17H25N3O3/c1-17(2,3)12-16(21)19-9-7-18(8-10-19)13-14-5-4-6-15(11-14)20(22)23/h4-6,11H,7-10,12-13H2,1-3H3. The van der Waals surface area contributed by atoms with Crippen molar-refractivity contribution in [3.8, 4) is 0 Å². The van der Waals surface area contributed by atoms with Crippen LogP contribution in [0.4, 0.5) is 5.69 Å². The number of nitro benzene ring substituents is 1. The van der Waals surface area contributed by atoms with Crippen LogP contribution in [0.15, 0.2) is 24.3 Å². The van der Waals surface area contributed by atoms with Crippen LogP contribution in [-0.2, 0) is 11.3 Å². The lowest BCUT2D eigenvalue weighted by Crippen LogP contribution is -2.48. The Morgan fingerprint density at radius 2 is 1.87 bits per heavy atom. The average molecular weight is 319 g/mol. The van der Waals surface area contributed by atoms with E-state index in [0.29, 0.717) is 13.0 Å². The molecule has 2 rings (SSSR count). The molecule has 0 aliphatic carbocycles. The maximum atomic E-state index is 12.2. The van der Waals surface area contributed by atoms with Crippen molar-refractivity contribution < 1.29 is 9.72 Å². The second-order valence-electron chi connectivity index (χ2n) is 7.32. The van der Waals surface area contributed by atoms with Gasteiger partial charge in [0.25, 0.3) is 5.69 Å². The van der Waals surface area contributed by atoms with Gasteiger partial charge in [0, 0.05) is 51.3 Å². The third kappa shape index (κ3) is 5.32. The van der Waals surface area contributed by atoms with E-state index in [-0.39, 0.29) is 21.9 Å². The molecule has 1 aromatic carbocycles. The van der Waals surface area contributed by atoms with Crippen molar-refractivity contribution >= 4 is 11.6 Å². The van der Waals surface area contributed by atoms with Gasteiger partial charge in [0.15, 0.2) is 0 Å². The molecule has 0 radical (unpaired) electrons. The molecule has 1 saturated heterocycles. The molecule has 1 aromatic rings. The van der Waals surface area contributed by atoms with Gasteiger partial charge in [-0.25, -0.2) is 0 Å². The summed E-state index contributed by atoms with van der Waals surface area (Å²) in [6.45, 7) is 9.96. The molecule has 23 heavy (non-hydrogen) atoms. The summed E-state index contributed by atoms with van der Waals surface area (Å²) in [4.78, 5) is 26.8. The van der Waals surface area contributed by atoms with E-state index >= 15 is 0 Å². The van der Waals surface area contributed by atoms with Gasteiger partial charge >= 0.3 is 0 Å². The van der Waals surface area contributed by atoms with Gasteiger partial charge in [-0.15, -0.1) is 0 Å². The zero-order valence-corrected chi connectivity index (χ0v) is 14.1. The van der Waals surface area contributed by atoms with Crippen molar-refractivity contribution in [1.82, 2.24) is 9.80 Å². The lowest BCUT2D eigenvalue weighted by molar-refractivity contribution is -0.384. The van der Waals surface area contributed by atoms with Crippen molar-refractivity contribution in [2.45, 2.75) is 33.7 Å². The number of hydrogen-bond donors (Lipinski definition) is 0. The highest BCUT2D eigenvalue weighted by atomic mass is 16.6. The van der Waals surface area contributed by atoms with E-state index in [1.54, 1.807) is 12.1 Å². The van der Waals surface area contributed by atoms with Crippen molar-refractivity contribution in [3.63, 3.8) is 0 Å². The normalized spacial score (nSPS) is 16.4. The van der Waals surface area contributed by atoms with Gasteiger partial charge in [-0.2, -0.15) is 0 Å². The van der Waals surface area contributed by atoms with Crippen LogP contribution in [0.3, 0.4) is 0 Å². The van der Waals surface area contributed by atoms with E-state index in [0.717, 1.165) is 31.7 Å². The molecule has 0 aromatic heterocycles. The maximum absolute atomic E-state index is 12.2. The van der Waals surface area contributed by atoms with Gasteiger partial charge in [0.1, 0.15) is 0 Å². The van der Waals surface area contributed by atoms with Crippen LogP contribution in [0.5, 0.6) is 0 Å². The molecule has 1 fully saturated rings. The first-order chi connectivity index (χ1) is 10.7. The van der Waals surface area contributed by atoms with Gasteiger partial charge in [0.05, 0.1) is 4.92 Å². The monoisotopic (exact) mass is 319 g/mol. The molecule has 6 nitrogen and oxygen atoms in total. The van der Waals surface area contributed by atoms with Crippen LogP contribution in [0.25, 0.3) is 0 Å². The molecule has 6 heteroatoms. The highest BCUT2D eigenvalue weighted by Gasteiger charge is 2.24. The fourth-order valence-electron chi connectivity index (χ4n) is 2.75. The quantitative estimate of drug-likeness (QED) is 0.632. The molecule has 0 atom stereocenters. The van der Waals surface area contributed by atoms with Gasteiger partial charge in [-0.1, -0.05) is 32.9 Å². The van der Waals surface area contributed by atoms with Crippen LogP contribution in [0.1, 0.15) is 32.8 Å². The number of nitrogens with zero attached hydrogens (tertiary/aromatic N) is 3. The first-order valence-electron chi connectivity index (χ1n) is 7.98. The number of carbonyl (C=O) groups excluding carboxylic acids is 1. The summed E-state index contributed by atoms with van der Waals surface area (Å²) in [5.41, 5.74) is 1.08. The highest BCUT2D eigenvalue weighted by molar-refractivity contribution is 5.76. The predicted molar refractivity (Wildman–Crippen MR) is 89.0 cm³/mol. The Bertz CT molecular complexity index is 573. The zero-order chi connectivity index (χ0) is 17.0. The lowest BCUT2D eigenvalue weighted by Gasteiger charge is -2.36. The van der Waals surface area contributed by atoms with E-state index < -0.39 is 0 Å². The maximum Gasteiger partial charge on any atom is 0.269 e. The fourth-order valence-corrected chi connectivity index (χ4v) is 2.75. The molecule has 0 spiro atoms. The van der Waals surface area contributed by atoms with E-state index in [2.05, 4.69) is 25.7 Å². The van der Waals surface area contributed by atoms with Crippen molar-refractivity contribution in [3.05, 3.63) is 39.9 Å². The summed E-state index contributed by atoms with van der Waals surface area (Å²) in [6.07, 6.45) is 0.567. The second-order valence-corrected chi connectivity index (χ2v) is 7.32. The molecule has 1 aliphatic heterocycles. The summed E-state index contributed by atoms with van der Waals surface area (Å²) < 4.78 is 0. The number of hydrogen-bond acceptors (Lipinski definition) is 4. The van der Waals surface area contributed by atoms with Crippen molar-refractivity contribution in [2.75, 3.05) is 26.2 Å². The molecular formula is C17H25N3O3. The minimum Gasteiger partial charge on any atom is -0.340 e. The minimum absolute atomic E-state index is 0.0111. The Hall–Kier alpha value is -1.95. The summed E-state index contributed by atoms with van der Waals surface area (Å²) >= 11 is 0. The van der Waals surface area contributed by atoms with Crippen LogP contribution < -0.4 is 0 Å². The molecular weight excluding hydrogens is 294 g/mol. The van der Waals surface area contributed by atoms with E-state index in [4.69, 9.17) is 0 Å². The van der Waals surface area contributed by atoms with E-state index in [1.165, 1.54) is 6.07 Å². The Morgan fingerprint density at radius 1 is 1.22 bits per heavy atom. The SMILES string of the molecule is CC(C)(C)CC(=O)N1CCN(Cc2cccc([N+](=O)[O-])c2)CC1. The Morgan fingerprint density at radius 3 is 2.43 bits per heavy atom. The predicted octanol–water partition coefficient (Wildman–Crippen LogP) is 2.68. The van der Waals surface area contributed by atoms with Crippen LogP contribution in [-0.4, -0.2) is 46.8 Å². The zero-order valence-electron chi connectivity index (χ0n) is 14.1. The number of benzene rings is 1. The highest BCUT2D eigenvalue weighted by Crippen LogP contribution is 2.21. The Kier molecular flexibility index (Phi) is 5.36. The number of non-ortho nitro benzene ring substituents is 1. The van der Waals surface area contributed by atoms with Gasteiger partial charge < -0.3 is 4.90 Å². The molecule has 0 saturated carbocycles. The van der Waals surface area contributed by atoms with Gasteiger partial charge in [-0.3, -0.25) is 19.8 Å². The van der Waals surface area contributed by atoms with Crippen LogP contribution in [0, 0.1) is 15.5 Å². The molecule has 1 amide bonds. The third-order valence-electron chi connectivity index (χ3n) is 3.93. The smallest absolute Gasteiger partial charge is 0.269 e. The number of amides is 1. The molecule has 1 aliphatic rings. The van der Waals surface area contributed by atoms with Gasteiger partial charge in [0.2, 0.25) is 5.91 Å².